The highest BCUT2D eigenvalue weighted by molar-refractivity contribution is 7.16. The summed E-state index contributed by atoms with van der Waals surface area (Å²) in [4.78, 5) is 25.1. The summed E-state index contributed by atoms with van der Waals surface area (Å²) in [5.41, 5.74) is 1.56. The van der Waals surface area contributed by atoms with Gasteiger partial charge in [0.1, 0.15) is 5.00 Å². The van der Waals surface area contributed by atoms with Crippen LogP contribution in [-0.4, -0.2) is 19.0 Å². The smallest absolute Gasteiger partial charge is 0.341 e. The van der Waals surface area contributed by atoms with Gasteiger partial charge in [0.05, 0.1) is 23.3 Å². The zero-order valence-electron chi connectivity index (χ0n) is 11.8. The van der Waals surface area contributed by atoms with Crippen molar-refractivity contribution in [3.05, 3.63) is 50.9 Å². The Bertz CT molecular complexity index is 709. The summed E-state index contributed by atoms with van der Waals surface area (Å²) in [6.45, 7) is 3.71. The maximum atomic E-state index is 12.3. The summed E-state index contributed by atoms with van der Waals surface area (Å²) in [7, 11) is 1.31. The summed E-state index contributed by atoms with van der Waals surface area (Å²) < 4.78 is 4.77. The molecule has 0 atom stereocenters. The minimum atomic E-state index is -0.466. The van der Waals surface area contributed by atoms with Crippen LogP contribution in [0.5, 0.6) is 0 Å². The molecule has 0 aliphatic heterocycles. The van der Waals surface area contributed by atoms with E-state index in [4.69, 9.17) is 16.3 Å². The Balaban J connectivity index is 2.36. The van der Waals surface area contributed by atoms with Crippen LogP contribution < -0.4 is 5.32 Å². The van der Waals surface area contributed by atoms with E-state index in [1.807, 2.05) is 13.8 Å². The maximum absolute atomic E-state index is 12.3. The molecular formula is C15H14ClNO3S. The second-order valence-corrected chi connectivity index (χ2v) is 6.04. The summed E-state index contributed by atoms with van der Waals surface area (Å²) in [6, 6.07) is 6.75. The van der Waals surface area contributed by atoms with Crippen LogP contribution in [0.3, 0.4) is 0 Å². The molecule has 1 heterocycles. The van der Waals surface area contributed by atoms with E-state index in [-0.39, 0.29) is 5.91 Å². The van der Waals surface area contributed by atoms with E-state index >= 15 is 0 Å². The molecule has 0 fully saturated rings. The molecule has 1 N–H and O–H groups in total. The molecule has 0 spiro atoms. The molecular weight excluding hydrogens is 310 g/mol. The molecule has 0 aliphatic rings. The molecule has 0 unspecified atom stereocenters. The first-order chi connectivity index (χ1) is 9.95. The number of thiophene rings is 1. The first-order valence-corrected chi connectivity index (χ1v) is 7.39. The van der Waals surface area contributed by atoms with E-state index in [0.29, 0.717) is 21.2 Å². The Morgan fingerprint density at radius 2 is 1.90 bits per heavy atom. The highest BCUT2D eigenvalue weighted by Crippen LogP contribution is 2.33. The quantitative estimate of drug-likeness (QED) is 0.867. The van der Waals surface area contributed by atoms with Gasteiger partial charge >= 0.3 is 5.97 Å². The number of halogens is 1. The molecule has 0 aliphatic carbocycles. The largest absolute Gasteiger partial charge is 0.465 e. The lowest BCUT2D eigenvalue weighted by Gasteiger charge is -2.07. The third-order valence-electron chi connectivity index (χ3n) is 3.12. The van der Waals surface area contributed by atoms with Crippen molar-refractivity contribution in [1.29, 1.82) is 0 Å². The number of carbonyl (C=O) groups excluding carboxylic acids is 2. The fraction of sp³-hybridized carbons (Fsp3) is 0.200. The number of hydrogen-bond acceptors (Lipinski definition) is 4. The van der Waals surface area contributed by atoms with E-state index in [1.54, 1.807) is 24.3 Å². The molecule has 0 bridgehead atoms. The average molecular weight is 324 g/mol. The second-order valence-electron chi connectivity index (χ2n) is 4.41. The molecule has 0 radical (unpaired) electrons. The van der Waals surface area contributed by atoms with Gasteiger partial charge in [0.25, 0.3) is 5.91 Å². The molecule has 21 heavy (non-hydrogen) atoms. The number of hydrogen-bond donors (Lipinski definition) is 1. The van der Waals surface area contributed by atoms with Gasteiger partial charge in [-0.05, 0) is 31.5 Å². The number of methoxy groups -OCH3 is 1. The first-order valence-electron chi connectivity index (χ1n) is 6.20. The number of rotatable bonds is 3. The molecule has 1 aromatic carbocycles. The van der Waals surface area contributed by atoms with Gasteiger partial charge in [0, 0.05) is 4.88 Å². The number of aryl methyl sites for hydroxylation is 1. The van der Waals surface area contributed by atoms with E-state index in [1.165, 1.54) is 18.4 Å². The molecule has 1 aromatic heterocycles. The molecule has 2 rings (SSSR count). The fourth-order valence-corrected chi connectivity index (χ4v) is 3.14. The predicted octanol–water partition coefficient (Wildman–Crippen LogP) is 4.06. The van der Waals surface area contributed by atoms with Crippen LogP contribution >= 0.6 is 22.9 Å². The van der Waals surface area contributed by atoms with Gasteiger partial charge in [-0.1, -0.05) is 23.7 Å². The Labute approximate surface area is 131 Å². The highest BCUT2D eigenvalue weighted by atomic mass is 35.5. The van der Waals surface area contributed by atoms with E-state index in [9.17, 15) is 9.59 Å². The van der Waals surface area contributed by atoms with Crippen molar-refractivity contribution in [3.8, 4) is 0 Å². The van der Waals surface area contributed by atoms with Crippen LogP contribution in [0.25, 0.3) is 0 Å². The van der Waals surface area contributed by atoms with Crippen molar-refractivity contribution in [1.82, 2.24) is 0 Å². The number of esters is 1. The van der Waals surface area contributed by atoms with Gasteiger partial charge in [-0.15, -0.1) is 11.3 Å². The number of amides is 1. The van der Waals surface area contributed by atoms with Gasteiger partial charge in [-0.25, -0.2) is 4.79 Å². The Morgan fingerprint density at radius 1 is 1.24 bits per heavy atom. The molecule has 1 amide bonds. The van der Waals surface area contributed by atoms with Gasteiger partial charge in [0.2, 0.25) is 0 Å². The lowest BCUT2D eigenvalue weighted by molar-refractivity contribution is 0.0601. The van der Waals surface area contributed by atoms with Crippen LogP contribution in [0.4, 0.5) is 5.00 Å². The van der Waals surface area contributed by atoms with E-state index in [0.717, 1.165) is 10.4 Å². The number of ether oxygens (including phenoxy) is 1. The van der Waals surface area contributed by atoms with Gasteiger partial charge in [-0.2, -0.15) is 0 Å². The van der Waals surface area contributed by atoms with Crippen LogP contribution in [0.1, 0.15) is 31.2 Å². The van der Waals surface area contributed by atoms with Crippen LogP contribution in [0.15, 0.2) is 24.3 Å². The molecule has 110 valence electrons. The SMILES string of the molecule is COC(=O)c1c(NC(=O)c2ccccc2Cl)sc(C)c1C. The van der Waals surface area contributed by atoms with Gasteiger partial charge in [-0.3, -0.25) is 4.79 Å². The van der Waals surface area contributed by atoms with Crippen molar-refractivity contribution in [2.45, 2.75) is 13.8 Å². The average Bonchev–Trinajstić information content (AvgIpc) is 2.73. The molecule has 6 heteroatoms. The van der Waals surface area contributed by atoms with Gasteiger partial charge < -0.3 is 10.1 Å². The van der Waals surface area contributed by atoms with E-state index in [2.05, 4.69) is 5.32 Å². The highest BCUT2D eigenvalue weighted by Gasteiger charge is 2.22. The zero-order valence-corrected chi connectivity index (χ0v) is 13.4. The van der Waals surface area contributed by atoms with Crippen LogP contribution in [0, 0.1) is 13.8 Å². The Morgan fingerprint density at radius 3 is 2.52 bits per heavy atom. The van der Waals surface area contributed by atoms with Crippen molar-refractivity contribution in [3.63, 3.8) is 0 Å². The lowest BCUT2D eigenvalue weighted by Crippen LogP contribution is -2.14. The molecule has 2 aromatic rings. The Hall–Kier alpha value is -1.85. The lowest BCUT2D eigenvalue weighted by atomic mass is 10.1. The van der Waals surface area contributed by atoms with Crippen molar-refractivity contribution in [2.24, 2.45) is 0 Å². The Kier molecular flexibility index (Phi) is 4.65. The van der Waals surface area contributed by atoms with Crippen LogP contribution in [0.2, 0.25) is 5.02 Å². The normalized spacial score (nSPS) is 10.3. The van der Waals surface area contributed by atoms with Crippen molar-refractivity contribution >= 4 is 39.8 Å². The van der Waals surface area contributed by atoms with Crippen molar-refractivity contribution < 1.29 is 14.3 Å². The monoisotopic (exact) mass is 323 g/mol. The molecule has 0 saturated carbocycles. The number of carbonyl (C=O) groups is 2. The summed E-state index contributed by atoms with van der Waals surface area (Å²) >= 11 is 7.34. The molecule has 0 saturated heterocycles. The van der Waals surface area contributed by atoms with Crippen LogP contribution in [-0.2, 0) is 4.74 Å². The minimum Gasteiger partial charge on any atom is -0.465 e. The topological polar surface area (TPSA) is 55.4 Å². The summed E-state index contributed by atoms with van der Waals surface area (Å²) in [5, 5.41) is 3.57. The second kappa shape index (κ2) is 6.28. The third kappa shape index (κ3) is 3.09. The predicted molar refractivity (Wildman–Crippen MR) is 84.5 cm³/mol. The maximum Gasteiger partial charge on any atom is 0.341 e. The number of nitrogens with one attached hydrogen (secondary N) is 1. The van der Waals surface area contributed by atoms with E-state index < -0.39 is 5.97 Å². The summed E-state index contributed by atoms with van der Waals surface area (Å²) in [5.74, 6) is -0.821. The fourth-order valence-electron chi connectivity index (χ4n) is 1.88. The number of benzene rings is 1. The zero-order chi connectivity index (χ0) is 15.6. The minimum absolute atomic E-state index is 0.355. The van der Waals surface area contributed by atoms with Gasteiger partial charge in [0.15, 0.2) is 0 Å². The molecule has 4 nitrogen and oxygen atoms in total. The summed E-state index contributed by atoms with van der Waals surface area (Å²) in [6.07, 6.45) is 0. The number of anilines is 1. The standard InChI is InChI=1S/C15H14ClNO3S/c1-8-9(2)21-14(12(8)15(19)20-3)17-13(18)10-6-4-5-7-11(10)16/h4-7H,1-3H3,(H,17,18). The van der Waals surface area contributed by atoms with Crippen molar-refractivity contribution in [2.75, 3.05) is 12.4 Å². The third-order valence-corrected chi connectivity index (χ3v) is 4.57. The first kappa shape index (κ1) is 15.5.